The Morgan fingerprint density at radius 3 is 2.48 bits per heavy atom. The van der Waals surface area contributed by atoms with E-state index in [0.29, 0.717) is 18.3 Å². The molecule has 0 aliphatic carbocycles. The summed E-state index contributed by atoms with van der Waals surface area (Å²) < 4.78 is 7.18. The second-order valence-electron chi connectivity index (χ2n) is 5.55. The van der Waals surface area contributed by atoms with Crippen molar-refractivity contribution in [3.63, 3.8) is 0 Å². The van der Waals surface area contributed by atoms with Gasteiger partial charge < -0.3 is 10.5 Å². The van der Waals surface area contributed by atoms with E-state index in [1.54, 1.807) is 4.68 Å². The van der Waals surface area contributed by atoms with E-state index in [1.165, 1.54) is 5.56 Å². The first-order chi connectivity index (χ1) is 10.0. The van der Waals surface area contributed by atoms with Gasteiger partial charge in [-0.2, -0.15) is 5.10 Å². The lowest BCUT2D eigenvalue weighted by molar-refractivity contribution is 0.150. The van der Waals surface area contributed by atoms with Crippen molar-refractivity contribution in [1.82, 2.24) is 9.78 Å². The molecule has 0 aliphatic rings. The Balaban J connectivity index is 2.32. The number of aryl methyl sites for hydroxylation is 1. The second-order valence-corrected chi connectivity index (χ2v) is 5.55. The Morgan fingerprint density at radius 1 is 1.24 bits per heavy atom. The van der Waals surface area contributed by atoms with E-state index < -0.39 is 0 Å². The minimum absolute atomic E-state index is 0.530. The monoisotopic (exact) mass is 287 g/mol. The molecule has 114 valence electrons. The van der Waals surface area contributed by atoms with Crippen molar-refractivity contribution in [1.29, 1.82) is 0 Å². The van der Waals surface area contributed by atoms with E-state index in [-0.39, 0.29) is 0 Å². The summed E-state index contributed by atoms with van der Waals surface area (Å²) in [6, 6.07) is 8.59. The molecule has 1 heterocycles. The van der Waals surface area contributed by atoms with E-state index in [4.69, 9.17) is 10.5 Å². The zero-order valence-corrected chi connectivity index (χ0v) is 13.4. The lowest BCUT2D eigenvalue weighted by atomic mass is 9.98. The SMILES string of the molecule is CCOCCc1nn(C)c(N)c1-c1ccc(C(C)C)cc1. The summed E-state index contributed by atoms with van der Waals surface area (Å²) >= 11 is 0. The van der Waals surface area contributed by atoms with Crippen LogP contribution in [0.4, 0.5) is 5.82 Å². The number of hydrogen-bond acceptors (Lipinski definition) is 3. The van der Waals surface area contributed by atoms with Gasteiger partial charge in [-0.25, -0.2) is 0 Å². The molecule has 4 heteroatoms. The highest BCUT2D eigenvalue weighted by molar-refractivity contribution is 5.76. The van der Waals surface area contributed by atoms with Gasteiger partial charge in [-0.1, -0.05) is 38.1 Å². The fraction of sp³-hybridized carbons (Fsp3) is 0.471. The number of ether oxygens (including phenoxy) is 1. The average molecular weight is 287 g/mol. The van der Waals surface area contributed by atoms with Gasteiger partial charge in [0.2, 0.25) is 0 Å². The van der Waals surface area contributed by atoms with Gasteiger partial charge in [0.05, 0.1) is 12.3 Å². The van der Waals surface area contributed by atoms with Gasteiger partial charge in [0.1, 0.15) is 5.82 Å². The molecule has 0 spiro atoms. The lowest BCUT2D eigenvalue weighted by Crippen LogP contribution is -2.00. The van der Waals surface area contributed by atoms with E-state index in [9.17, 15) is 0 Å². The molecular formula is C17H25N3O. The summed E-state index contributed by atoms with van der Waals surface area (Å²) in [6.45, 7) is 7.78. The molecule has 0 fully saturated rings. The fourth-order valence-electron chi connectivity index (χ4n) is 2.43. The molecule has 0 unspecified atom stereocenters. The number of hydrogen-bond donors (Lipinski definition) is 1. The Kier molecular flexibility index (Phi) is 5.02. The maximum absolute atomic E-state index is 6.20. The molecule has 1 aromatic heterocycles. The number of nitrogens with two attached hydrogens (primary N) is 1. The van der Waals surface area contributed by atoms with Crippen LogP contribution in [0.5, 0.6) is 0 Å². The molecule has 2 rings (SSSR count). The largest absolute Gasteiger partial charge is 0.383 e. The number of benzene rings is 1. The molecule has 0 saturated heterocycles. The highest BCUT2D eigenvalue weighted by atomic mass is 16.5. The summed E-state index contributed by atoms with van der Waals surface area (Å²) in [5, 5.41) is 4.53. The number of aromatic nitrogens is 2. The maximum Gasteiger partial charge on any atom is 0.129 e. The van der Waals surface area contributed by atoms with E-state index >= 15 is 0 Å². The van der Waals surface area contributed by atoms with Crippen molar-refractivity contribution in [3.8, 4) is 11.1 Å². The molecule has 1 aromatic carbocycles. The molecule has 0 bridgehead atoms. The van der Waals surface area contributed by atoms with Gasteiger partial charge in [-0.15, -0.1) is 0 Å². The third-order valence-corrected chi connectivity index (χ3v) is 3.72. The van der Waals surface area contributed by atoms with Gasteiger partial charge in [-0.3, -0.25) is 4.68 Å². The van der Waals surface area contributed by atoms with Crippen LogP contribution in [-0.4, -0.2) is 23.0 Å². The summed E-state index contributed by atoms with van der Waals surface area (Å²) in [5.41, 5.74) is 10.7. The van der Waals surface area contributed by atoms with Crippen LogP contribution in [0.3, 0.4) is 0 Å². The summed E-state index contributed by atoms with van der Waals surface area (Å²) in [5.74, 6) is 1.24. The van der Waals surface area contributed by atoms with E-state index in [2.05, 4.69) is 43.2 Å². The Bertz CT molecular complexity index is 585. The van der Waals surface area contributed by atoms with Crippen LogP contribution in [0.1, 0.15) is 37.9 Å². The van der Waals surface area contributed by atoms with Gasteiger partial charge >= 0.3 is 0 Å². The predicted molar refractivity (Wildman–Crippen MR) is 87.3 cm³/mol. The van der Waals surface area contributed by atoms with Gasteiger partial charge in [0.25, 0.3) is 0 Å². The maximum atomic E-state index is 6.20. The van der Waals surface area contributed by atoms with Crippen LogP contribution < -0.4 is 5.73 Å². The normalized spacial score (nSPS) is 11.3. The van der Waals surface area contributed by atoms with Crippen LogP contribution in [-0.2, 0) is 18.2 Å². The first-order valence-electron chi connectivity index (χ1n) is 7.54. The summed E-state index contributed by atoms with van der Waals surface area (Å²) in [4.78, 5) is 0. The Hall–Kier alpha value is -1.81. The van der Waals surface area contributed by atoms with Crippen LogP contribution in [0.25, 0.3) is 11.1 Å². The topological polar surface area (TPSA) is 53.1 Å². The van der Waals surface area contributed by atoms with E-state index in [1.807, 2.05) is 14.0 Å². The lowest BCUT2D eigenvalue weighted by Gasteiger charge is -2.08. The molecule has 0 saturated carbocycles. The van der Waals surface area contributed by atoms with Crippen molar-refractivity contribution < 1.29 is 4.74 Å². The molecule has 4 nitrogen and oxygen atoms in total. The standard InChI is InChI=1S/C17H25N3O/c1-5-21-11-10-15-16(17(18)20(4)19-15)14-8-6-13(7-9-14)12(2)3/h6-9,12H,5,10-11,18H2,1-4H3. The smallest absolute Gasteiger partial charge is 0.129 e. The van der Waals surface area contributed by atoms with Gasteiger partial charge in [-0.05, 0) is 24.0 Å². The van der Waals surface area contributed by atoms with Gasteiger partial charge in [0.15, 0.2) is 0 Å². The summed E-state index contributed by atoms with van der Waals surface area (Å²) in [6.07, 6.45) is 0.778. The van der Waals surface area contributed by atoms with Crippen molar-refractivity contribution in [3.05, 3.63) is 35.5 Å². The molecule has 0 amide bonds. The Labute approximate surface area is 126 Å². The van der Waals surface area contributed by atoms with Crippen molar-refractivity contribution in [2.24, 2.45) is 7.05 Å². The third-order valence-electron chi connectivity index (χ3n) is 3.72. The average Bonchev–Trinajstić information content (AvgIpc) is 2.74. The third kappa shape index (κ3) is 3.45. The summed E-state index contributed by atoms with van der Waals surface area (Å²) in [7, 11) is 1.88. The zero-order chi connectivity index (χ0) is 15.4. The van der Waals surface area contributed by atoms with Crippen molar-refractivity contribution in [2.75, 3.05) is 18.9 Å². The number of nitrogens with zero attached hydrogens (tertiary/aromatic N) is 2. The second kappa shape index (κ2) is 6.76. The molecular weight excluding hydrogens is 262 g/mol. The quantitative estimate of drug-likeness (QED) is 0.829. The highest BCUT2D eigenvalue weighted by Crippen LogP contribution is 2.30. The number of nitrogen functional groups attached to an aromatic ring is 1. The van der Waals surface area contributed by atoms with Crippen LogP contribution in [0, 0.1) is 0 Å². The molecule has 21 heavy (non-hydrogen) atoms. The highest BCUT2D eigenvalue weighted by Gasteiger charge is 2.15. The van der Waals surface area contributed by atoms with Gasteiger partial charge in [0, 0.05) is 25.6 Å². The molecule has 2 aromatic rings. The zero-order valence-electron chi connectivity index (χ0n) is 13.4. The number of rotatable bonds is 6. The van der Waals surface area contributed by atoms with Crippen LogP contribution in [0.15, 0.2) is 24.3 Å². The minimum atomic E-state index is 0.530. The molecule has 0 radical (unpaired) electrons. The molecule has 0 aliphatic heterocycles. The van der Waals surface area contributed by atoms with Crippen LogP contribution >= 0.6 is 0 Å². The first-order valence-corrected chi connectivity index (χ1v) is 7.54. The van der Waals surface area contributed by atoms with Crippen molar-refractivity contribution >= 4 is 5.82 Å². The first kappa shape index (κ1) is 15.6. The fourth-order valence-corrected chi connectivity index (χ4v) is 2.43. The minimum Gasteiger partial charge on any atom is -0.383 e. The predicted octanol–water partition coefficient (Wildman–Crippen LogP) is 3.37. The number of anilines is 1. The van der Waals surface area contributed by atoms with Crippen LogP contribution in [0.2, 0.25) is 0 Å². The van der Waals surface area contributed by atoms with E-state index in [0.717, 1.165) is 29.8 Å². The molecule has 2 N–H and O–H groups in total. The Morgan fingerprint density at radius 2 is 1.90 bits per heavy atom. The molecule has 0 atom stereocenters. The van der Waals surface area contributed by atoms with Crippen molar-refractivity contribution in [2.45, 2.75) is 33.1 Å².